The molecule has 0 aromatic heterocycles. The first kappa shape index (κ1) is 19.0. The molecule has 0 saturated carbocycles. The average Bonchev–Trinajstić information content (AvgIpc) is 2.42. The normalized spacial score (nSPS) is 16.4. The molecule has 0 spiro atoms. The Hall–Kier alpha value is -0.990. The van der Waals surface area contributed by atoms with E-state index in [-0.39, 0.29) is 18.0 Å². The van der Waals surface area contributed by atoms with E-state index >= 15 is 0 Å². The maximum Gasteiger partial charge on any atom is 0.334 e. The Morgan fingerprint density at radius 3 is 1.85 bits per heavy atom. The summed E-state index contributed by atoms with van der Waals surface area (Å²) >= 11 is 0. The zero-order chi connectivity index (χ0) is 15.4. The minimum Gasteiger partial charge on any atom is -0.307 e. The van der Waals surface area contributed by atoms with Gasteiger partial charge in [0.2, 0.25) is 0 Å². The van der Waals surface area contributed by atoms with Crippen LogP contribution in [0, 0.1) is 35.5 Å². The van der Waals surface area contributed by atoms with E-state index in [0.29, 0.717) is 13.2 Å². The van der Waals surface area contributed by atoms with E-state index in [2.05, 4.69) is 23.7 Å². The van der Waals surface area contributed by atoms with Crippen LogP contribution >= 0.6 is 7.60 Å². The van der Waals surface area contributed by atoms with Gasteiger partial charge in [0.05, 0.1) is 19.4 Å². The molecule has 4 heteroatoms. The fourth-order valence-corrected chi connectivity index (χ4v) is 3.06. The second-order valence-electron chi connectivity index (χ2n) is 4.54. The summed E-state index contributed by atoms with van der Waals surface area (Å²) in [6.07, 6.45) is 3.92. The molecule has 3 nitrogen and oxygen atoms in total. The molecule has 0 fully saturated rings. The van der Waals surface area contributed by atoms with Crippen LogP contribution < -0.4 is 0 Å². The Labute approximate surface area is 123 Å². The van der Waals surface area contributed by atoms with Gasteiger partial charge in [0.15, 0.2) is 0 Å². The first-order valence-electron chi connectivity index (χ1n) is 6.81. The third-order valence-corrected chi connectivity index (χ3v) is 4.13. The van der Waals surface area contributed by atoms with E-state index in [0.717, 1.165) is 0 Å². The number of rotatable bonds is 8. The molecule has 0 bridgehead atoms. The SMILES string of the molecule is CC#CC(C)COP(=O)(CC=CC)OCC(C)C#CC. The highest BCUT2D eigenvalue weighted by Gasteiger charge is 2.24. The molecule has 20 heavy (non-hydrogen) atoms. The van der Waals surface area contributed by atoms with Crippen LogP contribution in [0.3, 0.4) is 0 Å². The van der Waals surface area contributed by atoms with Gasteiger partial charge in [0.1, 0.15) is 0 Å². The van der Waals surface area contributed by atoms with Gasteiger partial charge < -0.3 is 9.05 Å². The molecular weight excluding hydrogens is 271 g/mol. The van der Waals surface area contributed by atoms with Gasteiger partial charge in [-0.05, 0) is 34.6 Å². The van der Waals surface area contributed by atoms with Crippen LogP contribution in [0.2, 0.25) is 0 Å². The van der Waals surface area contributed by atoms with Crippen LogP contribution in [0.25, 0.3) is 0 Å². The van der Waals surface area contributed by atoms with Crippen molar-refractivity contribution in [1.82, 2.24) is 0 Å². The fraction of sp³-hybridized carbons (Fsp3) is 0.625. The second-order valence-corrected chi connectivity index (χ2v) is 6.65. The minimum atomic E-state index is -3.11. The molecule has 2 atom stereocenters. The maximum atomic E-state index is 12.6. The smallest absolute Gasteiger partial charge is 0.307 e. The van der Waals surface area contributed by atoms with Gasteiger partial charge in [-0.15, -0.1) is 11.8 Å². The summed E-state index contributed by atoms with van der Waals surface area (Å²) in [5, 5.41) is 0. The topological polar surface area (TPSA) is 35.5 Å². The van der Waals surface area contributed by atoms with Crippen LogP contribution in [0.15, 0.2) is 12.2 Å². The second kappa shape index (κ2) is 10.8. The van der Waals surface area contributed by atoms with Gasteiger partial charge in [-0.25, -0.2) is 0 Å². The van der Waals surface area contributed by atoms with E-state index < -0.39 is 7.60 Å². The lowest BCUT2D eigenvalue weighted by molar-refractivity contribution is 0.187. The Morgan fingerprint density at radius 2 is 1.50 bits per heavy atom. The monoisotopic (exact) mass is 296 g/mol. The molecule has 0 aliphatic heterocycles. The molecule has 0 rings (SSSR count). The van der Waals surface area contributed by atoms with Gasteiger partial charge in [0, 0.05) is 11.8 Å². The number of hydrogen-bond donors (Lipinski definition) is 0. The predicted molar refractivity (Wildman–Crippen MR) is 84.4 cm³/mol. The molecular formula is C16H25O3P. The molecule has 0 radical (unpaired) electrons. The third-order valence-electron chi connectivity index (χ3n) is 2.39. The van der Waals surface area contributed by atoms with E-state index in [1.807, 2.05) is 26.8 Å². The van der Waals surface area contributed by atoms with Crippen molar-refractivity contribution in [3.8, 4) is 23.7 Å². The first-order valence-corrected chi connectivity index (χ1v) is 8.54. The summed E-state index contributed by atoms with van der Waals surface area (Å²) in [6.45, 7) is 9.91. The van der Waals surface area contributed by atoms with Gasteiger partial charge in [0.25, 0.3) is 0 Å². The molecule has 0 aliphatic carbocycles. The summed E-state index contributed by atoms with van der Waals surface area (Å²) in [6, 6.07) is 0. The Bertz CT molecular complexity index is 426. The van der Waals surface area contributed by atoms with Crippen molar-refractivity contribution < 1.29 is 13.6 Å². The van der Waals surface area contributed by atoms with Crippen molar-refractivity contribution in [2.45, 2.75) is 34.6 Å². The number of allylic oxidation sites excluding steroid dienone is 2. The van der Waals surface area contributed by atoms with Gasteiger partial charge >= 0.3 is 7.60 Å². The van der Waals surface area contributed by atoms with Crippen LogP contribution in [-0.4, -0.2) is 19.4 Å². The van der Waals surface area contributed by atoms with Crippen molar-refractivity contribution in [1.29, 1.82) is 0 Å². The van der Waals surface area contributed by atoms with Gasteiger partial charge in [-0.1, -0.05) is 24.0 Å². The summed E-state index contributed by atoms with van der Waals surface area (Å²) < 4.78 is 23.6. The quantitative estimate of drug-likeness (QED) is 0.384. The van der Waals surface area contributed by atoms with Gasteiger partial charge in [-0.2, -0.15) is 0 Å². The first-order chi connectivity index (χ1) is 9.47. The Balaban J connectivity index is 4.58. The Kier molecular flexibility index (Phi) is 10.2. The van der Waals surface area contributed by atoms with E-state index in [9.17, 15) is 4.57 Å². The molecule has 2 unspecified atom stereocenters. The van der Waals surface area contributed by atoms with Crippen molar-refractivity contribution in [2.75, 3.05) is 19.4 Å². The molecule has 0 aromatic rings. The number of hydrogen-bond acceptors (Lipinski definition) is 3. The molecule has 0 heterocycles. The predicted octanol–water partition coefficient (Wildman–Crippen LogP) is 4.11. The minimum absolute atomic E-state index is 0.0374. The van der Waals surface area contributed by atoms with E-state index in [4.69, 9.17) is 9.05 Å². The van der Waals surface area contributed by atoms with Crippen LogP contribution in [0.1, 0.15) is 34.6 Å². The summed E-state index contributed by atoms with van der Waals surface area (Å²) in [7, 11) is -3.11. The van der Waals surface area contributed by atoms with Crippen molar-refractivity contribution in [2.24, 2.45) is 11.8 Å². The van der Waals surface area contributed by atoms with Crippen molar-refractivity contribution >= 4 is 7.60 Å². The van der Waals surface area contributed by atoms with Gasteiger partial charge in [-0.3, -0.25) is 4.57 Å². The molecule has 112 valence electrons. The zero-order valence-corrected chi connectivity index (χ0v) is 14.0. The molecule has 0 aliphatic rings. The summed E-state index contributed by atoms with van der Waals surface area (Å²) in [4.78, 5) is 0. The third kappa shape index (κ3) is 9.00. The molecule has 0 aromatic carbocycles. The molecule has 0 N–H and O–H groups in total. The van der Waals surface area contributed by atoms with Crippen LogP contribution in [0.5, 0.6) is 0 Å². The maximum absolute atomic E-state index is 12.6. The van der Waals surface area contributed by atoms with Crippen LogP contribution in [0.4, 0.5) is 0 Å². The van der Waals surface area contributed by atoms with Crippen molar-refractivity contribution in [3.05, 3.63) is 12.2 Å². The van der Waals surface area contributed by atoms with E-state index in [1.165, 1.54) is 0 Å². The standard InChI is InChI=1S/C16H25O3P/c1-6-9-12-20(17,18-13-15(4)10-7-2)19-14-16(5)11-8-3/h6,9,15-16H,12-14H2,1-5H3. The fourth-order valence-electron chi connectivity index (χ4n) is 1.40. The summed E-state index contributed by atoms with van der Waals surface area (Å²) in [5.41, 5.74) is 0. The van der Waals surface area contributed by atoms with Crippen molar-refractivity contribution in [3.63, 3.8) is 0 Å². The lowest BCUT2D eigenvalue weighted by Gasteiger charge is -2.19. The molecule has 0 amide bonds. The van der Waals surface area contributed by atoms with Crippen LogP contribution in [-0.2, 0) is 13.6 Å². The highest BCUT2D eigenvalue weighted by atomic mass is 31.2. The summed E-state index contributed by atoms with van der Waals surface area (Å²) in [5.74, 6) is 11.7. The lowest BCUT2D eigenvalue weighted by Crippen LogP contribution is -2.09. The Morgan fingerprint density at radius 1 is 1.05 bits per heavy atom. The highest BCUT2D eigenvalue weighted by molar-refractivity contribution is 7.54. The van der Waals surface area contributed by atoms with E-state index in [1.54, 1.807) is 19.9 Å². The largest absolute Gasteiger partial charge is 0.334 e. The zero-order valence-electron chi connectivity index (χ0n) is 13.1. The highest BCUT2D eigenvalue weighted by Crippen LogP contribution is 2.48. The lowest BCUT2D eigenvalue weighted by atomic mass is 10.2. The molecule has 0 saturated heterocycles. The average molecular weight is 296 g/mol.